The fourth-order valence-corrected chi connectivity index (χ4v) is 2.84. The molecule has 0 spiro atoms. The van der Waals surface area contributed by atoms with Gasteiger partial charge in [-0.2, -0.15) is 0 Å². The molecule has 0 aromatic heterocycles. The zero-order valence-electron chi connectivity index (χ0n) is 13.4. The van der Waals surface area contributed by atoms with E-state index >= 15 is 0 Å². The van der Waals surface area contributed by atoms with Gasteiger partial charge >= 0.3 is 13.1 Å². The highest BCUT2D eigenvalue weighted by Crippen LogP contribution is 2.32. The summed E-state index contributed by atoms with van der Waals surface area (Å²) in [6.45, 7) is 10.4. The zero-order valence-corrected chi connectivity index (χ0v) is 13.4. The third-order valence-corrected chi connectivity index (χ3v) is 3.40. The van der Waals surface area contributed by atoms with Crippen LogP contribution in [0.15, 0.2) is 24.3 Å². The first kappa shape index (κ1) is 16.1. The third kappa shape index (κ3) is 4.08. The molecule has 0 amide bonds. The van der Waals surface area contributed by atoms with Gasteiger partial charge in [0.2, 0.25) is 0 Å². The van der Waals surface area contributed by atoms with Gasteiger partial charge in [-0.3, -0.25) is 0 Å². The van der Waals surface area contributed by atoms with Crippen molar-refractivity contribution in [3.63, 3.8) is 0 Å². The Labute approximate surface area is 126 Å². The summed E-state index contributed by atoms with van der Waals surface area (Å²) in [5.41, 5.74) is 0.956. The molecule has 1 aliphatic rings. The summed E-state index contributed by atoms with van der Waals surface area (Å²) >= 11 is 0. The van der Waals surface area contributed by atoms with Crippen LogP contribution < -0.4 is 5.46 Å². The van der Waals surface area contributed by atoms with Crippen LogP contribution in [0.25, 0.3) is 0 Å². The van der Waals surface area contributed by atoms with Crippen molar-refractivity contribution in [2.24, 2.45) is 0 Å². The second-order valence-electron chi connectivity index (χ2n) is 6.61. The maximum atomic E-state index is 11.7. The van der Waals surface area contributed by atoms with Crippen LogP contribution in [-0.4, -0.2) is 30.9 Å². The first-order valence-electron chi connectivity index (χ1n) is 7.35. The van der Waals surface area contributed by atoms with E-state index in [4.69, 9.17) is 14.0 Å². The lowest BCUT2D eigenvalue weighted by Crippen LogP contribution is -2.56. The van der Waals surface area contributed by atoms with Gasteiger partial charge in [-0.15, -0.1) is 0 Å². The second-order valence-corrected chi connectivity index (χ2v) is 6.61. The van der Waals surface area contributed by atoms with Gasteiger partial charge in [0.25, 0.3) is 0 Å². The minimum atomic E-state index is -0.417. The van der Waals surface area contributed by atoms with Gasteiger partial charge in [0, 0.05) is 6.42 Å². The molecule has 0 N–H and O–H groups in total. The molecule has 1 aliphatic heterocycles. The number of carbonyl (C=O) groups excluding carboxylic acids is 1. The number of rotatable bonds is 3. The van der Waals surface area contributed by atoms with E-state index in [1.165, 1.54) is 0 Å². The van der Waals surface area contributed by atoms with Crippen LogP contribution >= 0.6 is 0 Å². The Morgan fingerprint density at radius 1 is 1.14 bits per heavy atom. The van der Waals surface area contributed by atoms with Crippen LogP contribution in [0, 0.1) is 0 Å². The standard InChI is InChI=1S/C16H23BO4/c1-6-19-14(18)12-7-9-13(10-8-12)17-20-15(2,3)11-16(4,5)21-17/h7-10H,6,11H2,1-5H3. The van der Waals surface area contributed by atoms with Crippen molar-refractivity contribution in [3.8, 4) is 0 Å². The van der Waals surface area contributed by atoms with Crippen molar-refractivity contribution in [2.45, 2.75) is 52.2 Å². The van der Waals surface area contributed by atoms with Crippen molar-refractivity contribution >= 4 is 18.6 Å². The summed E-state index contributed by atoms with van der Waals surface area (Å²) in [5, 5.41) is 0. The molecule has 0 saturated carbocycles. The van der Waals surface area contributed by atoms with E-state index in [2.05, 4.69) is 27.7 Å². The van der Waals surface area contributed by atoms with Gasteiger partial charge < -0.3 is 14.0 Å². The zero-order chi connectivity index (χ0) is 15.7. The molecule has 114 valence electrons. The average molecular weight is 290 g/mol. The molecule has 21 heavy (non-hydrogen) atoms. The van der Waals surface area contributed by atoms with Crippen LogP contribution in [0.1, 0.15) is 51.4 Å². The molecule has 0 atom stereocenters. The predicted octanol–water partition coefficient (Wildman–Crippen LogP) is 2.55. The quantitative estimate of drug-likeness (QED) is 0.634. The van der Waals surface area contributed by atoms with Crippen molar-refractivity contribution in [1.82, 2.24) is 0 Å². The lowest BCUT2D eigenvalue weighted by molar-refractivity contribution is -0.0716. The predicted molar refractivity (Wildman–Crippen MR) is 82.7 cm³/mol. The lowest BCUT2D eigenvalue weighted by Gasteiger charge is -2.44. The molecule has 1 saturated heterocycles. The fourth-order valence-electron chi connectivity index (χ4n) is 2.84. The van der Waals surface area contributed by atoms with E-state index in [1.807, 2.05) is 12.1 Å². The molecular weight excluding hydrogens is 267 g/mol. The van der Waals surface area contributed by atoms with E-state index in [-0.39, 0.29) is 17.2 Å². The van der Waals surface area contributed by atoms with E-state index in [1.54, 1.807) is 19.1 Å². The number of ether oxygens (including phenoxy) is 1. The minimum absolute atomic E-state index is 0.244. The minimum Gasteiger partial charge on any atom is -0.462 e. The molecule has 1 aromatic rings. The highest BCUT2D eigenvalue weighted by Gasteiger charge is 2.43. The summed E-state index contributed by atoms with van der Waals surface area (Å²) < 4.78 is 17.0. The highest BCUT2D eigenvalue weighted by atomic mass is 16.6. The van der Waals surface area contributed by atoms with Crippen LogP contribution in [0.2, 0.25) is 0 Å². The number of esters is 1. The number of carbonyl (C=O) groups is 1. The van der Waals surface area contributed by atoms with E-state index in [9.17, 15) is 4.79 Å². The smallest absolute Gasteiger partial charge is 0.462 e. The Bertz CT molecular complexity index is 492. The van der Waals surface area contributed by atoms with E-state index in [0.717, 1.165) is 11.9 Å². The molecular formula is C16H23BO4. The topological polar surface area (TPSA) is 44.8 Å². The van der Waals surface area contributed by atoms with Gasteiger partial charge in [-0.1, -0.05) is 12.1 Å². The molecule has 4 nitrogen and oxygen atoms in total. The summed E-state index contributed by atoms with van der Waals surface area (Å²) in [6, 6.07) is 7.20. The summed E-state index contributed by atoms with van der Waals surface area (Å²) in [6.07, 6.45) is 0.831. The lowest BCUT2D eigenvalue weighted by atomic mass is 9.72. The number of hydrogen-bond acceptors (Lipinski definition) is 4. The van der Waals surface area contributed by atoms with Crippen LogP contribution in [0.5, 0.6) is 0 Å². The van der Waals surface area contributed by atoms with Crippen molar-refractivity contribution in [1.29, 1.82) is 0 Å². The molecule has 1 aromatic carbocycles. The maximum absolute atomic E-state index is 11.7. The van der Waals surface area contributed by atoms with Crippen molar-refractivity contribution in [2.75, 3.05) is 6.61 Å². The molecule has 0 aliphatic carbocycles. The van der Waals surface area contributed by atoms with Gasteiger partial charge in [-0.05, 0) is 52.2 Å². The molecule has 5 heteroatoms. The fraction of sp³-hybridized carbons (Fsp3) is 0.562. The molecule has 1 heterocycles. The Hall–Kier alpha value is -1.33. The second kappa shape index (κ2) is 5.81. The van der Waals surface area contributed by atoms with E-state index < -0.39 is 7.12 Å². The van der Waals surface area contributed by atoms with Gasteiger partial charge in [0.05, 0.1) is 23.4 Å². The van der Waals surface area contributed by atoms with Gasteiger partial charge in [-0.25, -0.2) is 4.79 Å². The number of benzene rings is 1. The normalized spacial score (nSPS) is 20.1. The van der Waals surface area contributed by atoms with Crippen LogP contribution in [0.3, 0.4) is 0 Å². The highest BCUT2D eigenvalue weighted by molar-refractivity contribution is 6.61. The molecule has 2 rings (SSSR count). The Balaban J connectivity index is 2.16. The Kier molecular flexibility index (Phi) is 4.44. The van der Waals surface area contributed by atoms with Crippen LogP contribution in [0.4, 0.5) is 0 Å². The monoisotopic (exact) mass is 290 g/mol. The van der Waals surface area contributed by atoms with Crippen molar-refractivity contribution < 1.29 is 18.8 Å². The number of hydrogen-bond donors (Lipinski definition) is 0. The van der Waals surface area contributed by atoms with Gasteiger partial charge in [0.15, 0.2) is 0 Å². The largest absolute Gasteiger partial charge is 0.494 e. The Morgan fingerprint density at radius 2 is 1.67 bits per heavy atom. The van der Waals surface area contributed by atoms with Crippen molar-refractivity contribution in [3.05, 3.63) is 29.8 Å². The Morgan fingerprint density at radius 3 is 2.14 bits per heavy atom. The summed E-state index contributed by atoms with van der Waals surface area (Å²) in [7, 11) is -0.417. The van der Waals surface area contributed by atoms with E-state index in [0.29, 0.717) is 12.2 Å². The first-order valence-corrected chi connectivity index (χ1v) is 7.35. The summed E-state index contributed by atoms with van der Waals surface area (Å²) in [5.74, 6) is -0.310. The molecule has 0 bridgehead atoms. The molecule has 1 fully saturated rings. The average Bonchev–Trinajstić information content (AvgIpc) is 2.35. The molecule has 0 radical (unpaired) electrons. The van der Waals surface area contributed by atoms with Gasteiger partial charge in [0.1, 0.15) is 0 Å². The maximum Gasteiger partial charge on any atom is 0.494 e. The third-order valence-electron chi connectivity index (χ3n) is 3.40. The van der Waals surface area contributed by atoms with Crippen LogP contribution in [-0.2, 0) is 14.0 Å². The SMILES string of the molecule is CCOC(=O)c1ccc(B2OC(C)(C)CC(C)(C)O2)cc1. The summed E-state index contributed by atoms with van der Waals surface area (Å²) in [4.78, 5) is 11.7. The molecule has 0 unspecified atom stereocenters. The first-order chi connectivity index (χ1) is 9.72.